The Morgan fingerprint density at radius 1 is 0.636 bits per heavy atom. The molecule has 0 saturated carbocycles. The van der Waals surface area contributed by atoms with Crippen LogP contribution in [0.3, 0.4) is 0 Å². The quantitative estimate of drug-likeness (QED) is 0.259. The van der Waals surface area contributed by atoms with Gasteiger partial charge in [0.1, 0.15) is 23.3 Å². The molecule has 0 aliphatic carbocycles. The van der Waals surface area contributed by atoms with E-state index in [0.29, 0.717) is 35.8 Å². The van der Waals surface area contributed by atoms with Gasteiger partial charge in [-0.2, -0.15) is 0 Å². The summed E-state index contributed by atoms with van der Waals surface area (Å²) in [4.78, 5) is 0. The number of methoxy groups -OCH3 is 1. The van der Waals surface area contributed by atoms with Gasteiger partial charge in [0, 0.05) is 18.1 Å². The van der Waals surface area contributed by atoms with E-state index in [-0.39, 0.29) is 30.2 Å². The Balaban J connectivity index is 1.47. The van der Waals surface area contributed by atoms with Gasteiger partial charge >= 0.3 is 0 Å². The van der Waals surface area contributed by atoms with E-state index in [0.717, 1.165) is 16.5 Å². The number of hydrogen-bond donors (Lipinski definition) is 0. The van der Waals surface area contributed by atoms with E-state index in [1.807, 2.05) is 12.1 Å². The van der Waals surface area contributed by atoms with Gasteiger partial charge in [0.15, 0.2) is 0 Å². The lowest BCUT2D eigenvalue weighted by Gasteiger charge is -2.10. The van der Waals surface area contributed by atoms with Crippen LogP contribution >= 0.6 is 0 Å². The molecule has 1 nitrogen and oxygen atoms in total. The normalized spacial score (nSPS) is 11.3. The Morgan fingerprint density at radius 2 is 1.30 bits per heavy atom. The third-order valence-corrected chi connectivity index (χ3v) is 5.87. The summed E-state index contributed by atoms with van der Waals surface area (Å²) in [6.07, 6.45) is 1.75. The fourth-order valence-corrected chi connectivity index (χ4v) is 4.08. The number of aryl methyl sites for hydroxylation is 3. The molecule has 0 unspecified atom stereocenters. The first-order valence-electron chi connectivity index (χ1n) is 10.8. The van der Waals surface area contributed by atoms with Crippen molar-refractivity contribution in [3.63, 3.8) is 0 Å². The van der Waals surface area contributed by atoms with Crippen molar-refractivity contribution in [1.82, 2.24) is 0 Å². The summed E-state index contributed by atoms with van der Waals surface area (Å²) in [6.45, 7) is 0.149. The molecule has 4 aromatic carbocycles. The van der Waals surface area contributed by atoms with Gasteiger partial charge in [-0.1, -0.05) is 42.5 Å². The van der Waals surface area contributed by atoms with Gasteiger partial charge in [0.05, 0.1) is 6.61 Å². The van der Waals surface area contributed by atoms with Crippen LogP contribution in [0.5, 0.6) is 0 Å². The van der Waals surface area contributed by atoms with Crippen LogP contribution in [-0.4, -0.2) is 7.11 Å². The molecular formula is C28H24F4O. The highest BCUT2D eigenvalue weighted by molar-refractivity contribution is 5.84. The predicted molar refractivity (Wildman–Crippen MR) is 122 cm³/mol. The summed E-state index contributed by atoms with van der Waals surface area (Å²) < 4.78 is 61.7. The maximum atomic E-state index is 15.1. The SMILES string of the molecule is COCc1cc(F)c(CCc2ccc3c(F)c(CCc4ccc(F)cc4)ccc3c2)c(F)c1. The van der Waals surface area contributed by atoms with Gasteiger partial charge in [0.2, 0.25) is 0 Å². The van der Waals surface area contributed by atoms with Crippen LogP contribution in [0, 0.1) is 23.3 Å². The highest BCUT2D eigenvalue weighted by atomic mass is 19.1. The van der Waals surface area contributed by atoms with Crippen molar-refractivity contribution in [2.75, 3.05) is 7.11 Å². The van der Waals surface area contributed by atoms with E-state index in [9.17, 15) is 13.2 Å². The Hall–Kier alpha value is -3.18. The maximum Gasteiger partial charge on any atom is 0.134 e. The molecule has 0 atom stereocenters. The maximum absolute atomic E-state index is 15.1. The highest BCUT2D eigenvalue weighted by Crippen LogP contribution is 2.25. The Bertz CT molecular complexity index is 1240. The molecule has 33 heavy (non-hydrogen) atoms. The van der Waals surface area contributed by atoms with E-state index in [2.05, 4.69) is 0 Å². The van der Waals surface area contributed by atoms with Gasteiger partial charge < -0.3 is 4.74 Å². The molecular weight excluding hydrogens is 428 g/mol. The zero-order valence-corrected chi connectivity index (χ0v) is 18.3. The first kappa shape index (κ1) is 23.0. The van der Waals surface area contributed by atoms with Crippen molar-refractivity contribution < 1.29 is 22.3 Å². The Morgan fingerprint density at radius 3 is 2.00 bits per heavy atom. The van der Waals surface area contributed by atoms with Crippen molar-refractivity contribution in [1.29, 1.82) is 0 Å². The molecule has 0 aliphatic heterocycles. The summed E-state index contributed by atoms with van der Waals surface area (Å²) in [5, 5.41) is 1.25. The molecule has 0 aromatic heterocycles. The van der Waals surface area contributed by atoms with Gasteiger partial charge in [-0.15, -0.1) is 0 Å². The molecule has 4 rings (SSSR count). The second kappa shape index (κ2) is 10.2. The fraction of sp³-hybridized carbons (Fsp3) is 0.214. The number of fused-ring (bicyclic) bond motifs is 1. The predicted octanol–water partition coefficient (Wildman–Crippen LogP) is 7.11. The summed E-state index contributed by atoms with van der Waals surface area (Å²) in [5.74, 6) is -1.73. The lowest BCUT2D eigenvalue weighted by Crippen LogP contribution is -2.02. The van der Waals surface area contributed by atoms with E-state index in [1.165, 1.54) is 31.4 Å². The molecule has 4 aromatic rings. The molecule has 0 spiro atoms. The number of hydrogen-bond acceptors (Lipinski definition) is 1. The topological polar surface area (TPSA) is 9.23 Å². The second-order valence-electron chi connectivity index (χ2n) is 8.19. The van der Waals surface area contributed by atoms with E-state index < -0.39 is 11.6 Å². The monoisotopic (exact) mass is 452 g/mol. The lowest BCUT2D eigenvalue weighted by molar-refractivity contribution is 0.184. The Labute approximate surface area is 190 Å². The van der Waals surface area contributed by atoms with Crippen LogP contribution in [0.25, 0.3) is 10.8 Å². The number of ether oxygens (including phenoxy) is 1. The fourth-order valence-electron chi connectivity index (χ4n) is 4.08. The molecule has 5 heteroatoms. The minimum Gasteiger partial charge on any atom is -0.380 e. The van der Waals surface area contributed by atoms with E-state index in [1.54, 1.807) is 30.3 Å². The van der Waals surface area contributed by atoms with Gasteiger partial charge in [-0.25, -0.2) is 17.6 Å². The van der Waals surface area contributed by atoms with Crippen molar-refractivity contribution in [3.8, 4) is 0 Å². The lowest BCUT2D eigenvalue weighted by atomic mass is 9.97. The molecule has 0 N–H and O–H groups in total. The van der Waals surface area contributed by atoms with Crippen molar-refractivity contribution >= 4 is 10.8 Å². The van der Waals surface area contributed by atoms with Gasteiger partial charge in [-0.05, 0) is 77.6 Å². The van der Waals surface area contributed by atoms with Gasteiger partial charge in [-0.3, -0.25) is 0 Å². The molecule has 0 bridgehead atoms. The molecule has 0 aliphatic rings. The molecule has 0 fully saturated rings. The first-order chi connectivity index (χ1) is 15.9. The molecule has 170 valence electrons. The minimum absolute atomic E-state index is 0.0391. The van der Waals surface area contributed by atoms with Crippen LogP contribution < -0.4 is 0 Å². The van der Waals surface area contributed by atoms with Gasteiger partial charge in [0.25, 0.3) is 0 Å². The highest BCUT2D eigenvalue weighted by Gasteiger charge is 2.13. The number of rotatable bonds is 8. The second-order valence-corrected chi connectivity index (χ2v) is 8.19. The summed E-state index contributed by atoms with van der Waals surface area (Å²) >= 11 is 0. The van der Waals surface area contributed by atoms with Crippen LogP contribution in [0.1, 0.15) is 27.8 Å². The summed E-state index contributed by atoms with van der Waals surface area (Å²) in [7, 11) is 1.47. The van der Waals surface area contributed by atoms with E-state index in [4.69, 9.17) is 4.74 Å². The summed E-state index contributed by atoms with van der Waals surface area (Å²) in [6, 6.07) is 17.8. The van der Waals surface area contributed by atoms with E-state index >= 15 is 4.39 Å². The minimum atomic E-state index is -0.584. The molecule has 0 amide bonds. The van der Waals surface area contributed by atoms with Crippen molar-refractivity contribution in [2.45, 2.75) is 32.3 Å². The van der Waals surface area contributed by atoms with Crippen LogP contribution in [-0.2, 0) is 37.0 Å². The Kier molecular flexibility index (Phi) is 7.09. The number of benzene rings is 4. The smallest absolute Gasteiger partial charge is 0.134 e. The molecule has 0 heterocycles. The third-order valence-electron chi connectivity index (χ3n) is 5.87. The van der Waals surface area contributed by atoms with Crippen LogP contribution in [0.15, 0.2) is 66.7 Å². The average Bonchev–Trinajstić information content (AvgIpc) is 2.79. The first-order valence-corrected chi connectivity index (χ1v) is 10.8. The third kappa shape index (κ3) is 5.42. The van der Waals surface area contributed by atoms with Crippen LogP contribution in [0.2, 0.25) is 0 Å². The van der Waals surface area contributed by atoms with Crippen molar-refractivity contribution in [3.05, 3.63) is 118 Å². The average molecular weight is 452 g/mol. The molecule has 0 radical (unpaired) electrons. The number of halogens is 4. The largest absolute Gasteiger partial charge is 0.380 e. The zero-order valence-electron chi connectivity index (χ0n) is 18.3. The van der Waals surface area contributed by atoms with Crippen LogP contribution in [0.4, 0.5) is 17.6 Å². The zero-order chi connectivity index (χ0) is 23.4. The standard InChI is InChI=1S/C28H24F4O/c1-33-17-20-15-26(30)25(27(31)16-20)13-6-19-5-12-24-22(14-19)9-8-21(28(24)32)7-2-18-3-10-23(29)11-4-18/h3-5,8-12,14-16H,2,6-7,13,17H2,1H3. The molecule has 0 saturated heterocycles. The van der Waals surface area contributed by atoms with Crippen molar-refractivity contribution in [2.24, 2.45) is 0 Å². The summed E-state index contributed by atoms with van der Waals surface area (Å²) in [5.41, 5.74) is 2.91.